The molecule has 5 nitrogen and oxygen atoms in total. The number of anilines is 1. The lowest BCUT2D eigenvalue weighted by Gasteiger charge is -2.06. The van der Waals surface area contributed by atoms with Crippen LogP contribution in [-0.4, -0.2) is 20.4 Å². The van der Waals surface area contributed by atoms with E-state index in [2.05, 4.69) is 15.3 Å². The van der Waals surface area contributed by atoms with Crippen LogP contribution in [-0.2, 0) is 24.1 Å². The first-order valence-corrected chi connectivity index (χ1v) is 9.34. The van der Waals surface area contributed by atoms with Gasteiger partial charge in [0.25, 0.3) is 0 Å². The van der Waals surface area contributed by atoms with E-state index in [0.29, 0.717) is 0 Å². The summed E-state index contributed by atoms with van der Waals surface area (Å²) in [5, 5.41) is 6.45. The predicted octanol–water partition coefficient (Wildman–Crippen LogP) is 3.45. The maximum atomic E-state index is 12.2. The van der Waals surface area contributed by atoms with Crippen LogP contribution in [0.5, 0.6) is 0 Å². The van der Waals surface area contributed by atoms with Crippen molar-refractivity contribution in [2.45, 2.75) is 32.1 Å². The number of carbonyl (C=O) groups excluding carboxylic acids is 1. The molecule has 4 rings (SSSR count). The molecule has 3 aromatic heterocycles. The monoisotopic (exact) mass is 344 g/mol. The smallest absolute Gasteiger partial charge is 0.232 e. The summed E-state index contributed by atoms with van der Waals surface area (Å²) in [7, 11) is 0. The Balaban J connectivity index is 1.41. The summed E-state index contributed by atoms with van der Waals surface area (Å²) in [6, 6.07) is 3.91. The van der Waals surface area contributed by atoms with E-state index < -0.39 is 0 Å². The van der Waals surface area contributed by atoms with E-state index in [1.807, 2.05) is 34.5 Å². The maximum absolute atomic E-state index is 12.2. The van der Waals surface area contributed by atoms with Gasteiger partial charge < -0.3 is 9.88 Å². The fraction of sp³-hybridized carbons (Fsp3) is 0.312. The fourth-order valence-corrected chi connectivity index (χ4v) is 4.55. The standard InChI is InChI=1S/C16H16N4OS2/c21-14(19-15-18-12-5-1-2-6-13(12)23-15)9-11-10-22-16(17-11)20-7-3-4-8-20/h3-4,7-8,10H,1-2,5-6,9H2,(H,18,19,21). The highest BCUT2D eigenvalue weighted by Gasteiger charge is 2.17. The normalized spacial score (nSPS) is 13.7. The summed E-state index contributed by atoms with van der Waals surface area (Å²) in [6.07, 6.45) is 8.73. The minimum absolute atomic E-state index is 0.0551. The summed E-state index contributed by atoms with van der Waals surface area (Å²) in [5.74, 6) is -0.0551. The molecule has 1 amide bonds. The Hall–Kier alpha value is -1.99. The number of rotatable bonds is 4. The van der Waals surface area contributed by atoms with Gasteiger partial charge in [-0.1, -0.05) is 0 Å². The minimum atomic E-state index is -0.0551. The highest BCUT2D eigenvalue weighted by atomic mass is 32.1. The molecule has 1 aliphatic carbocycles. The molecule has 0 unspecified atom stereocenters. The molecule has 0 radical (unpaired) electrons. The molecule has 0 fully saturated rings. The van der Waals surface area contributed by atoms with Crippen LogP contribution in [0, 0.1) is 0 Å². The van der Waals surface area contributed by atoms with Gasteiger partial charge in [0.15, 0.2) is 10.3 Å². The fourth-order valence-electron chi connectivity index (χ4n) is 2.69. The van der Waals surface area contributed by atoms with Crippen molar-refractivity contribution in [2.75, 3.05) is 5.32 Å². The lowest BCUT2D eigenvalue weighted by atomic mass is 10.0. The summed E-state index contributed by atoms with van der Waals surface area (Å²) < 4.78 is 1.95. The highest BCUT2D eigenvalue weighted by Crippen LogP contribution is 2.29. The van der Waals surface area contributed by atoms with Crippen molar-refractivity contribution >= 4 is 33.7 Å². The van der Waals surface area contributed by atoms with Crippen LogP contribution < -0.4 is 5.32 Å². The number of aryl methyl sites for hydroxylation is 2. The zero-order valence-electron chi connectivity index (χ0n) is 12.5. The molecule has 0 aromatic carbocycles. The van der Waals surface area contributed by atoms with Crippen molar-refractivity contribution in [3.05, 3.63) is 46.2 Å². The van der Waals surface area contributed by atoms with Crippen molar-refractivity contribution < 1.29 is 4.79 Å². The third-order valence-electron chi connectivity index (χ3n) is 3.80. The number of aromatic nitrogens is 3. The SMILES string of the molecule is O=C(Cc1csc(-n2cccc2)n1)Nc1nc2c(s1)CCCC2. The molecule has 0 spiro atoms. The number of nitrogens with one attached hydrogen (secondary N) is 1. The van der Waals surface area contributed by atoms with Crippen LogP contribution in [0.3, 0.4) is 0 Å². The Kier molecular flexibility index (Phi) is 3.97. The van der Waals surface area contributed by atoms with Crippen molar-refractivity contribution in [1.82, 2.24) is 14.5 Å². The minimum Gasteiger partial charge on any atom is -0.302 e. The van der Waals surface area contributed by atoms with Gasteiger partial charge in [-0.15, -0.1) is 22.7 Å². The second kappa shape index (κ2) is 6.25. The summed E-state index contributed by atoms with van der Waals surface area (Å²) in [6.45, 7) is 0. The van der Waals surface area contributed by atoms with Crippen molar-refractivity contribution in [3.63, 3.8) is 0 Å². The molecule has 0 saturated carbocycles. The number of amides is 1. The number of fused-ring (bicyclic) bond motifs is 1. The largest absolute Gasteiger partial charge is 0.302 e. The maximum Gasteiger partial charge on any atom is 0.232 e. The molecular formula is C16H16N4OS2. The summed E-state index contributed by atoms with van der Waals surface area (Å²) >= 11 is 3.15. The van der Waals surface area contributed by atoms with Crippen LogP contribution >= 0.6 is 22.7 Å². The van der Waals surface area contributed by atoms with Gasteiger partial charge in [0.05, 0.1) is 17.8 Å². The first-order valence-electron chi connectivity index (χ1n) is 7.64. The molecule has 7 heteroatoms. The molecule has 0 bridgehead atoms. The Labute approximate surface area is 142 Å². The molecular weight excluding hydrogens is 328 g/mol. The van der Waals surface area contributed by atoms with E-state index in [-0.39, 0.29) is 12.3 Å². The molecule has 118 valence electrons. The number of carbonyl (C=O) groups is 1. The lowest BCUT2D eigenvalue weighted by Crippen LogP contribution is -2.14. The Morgan fingerprint density at radius 2 is 2.04 bits per heavy atom. The van der Waals surface area contributed by atoms with Crippen molar-refractivity contribution in [3.8, 4) is 5.13 Å². The second-order valence-electron chi connectivity index (χ2n) is 5.53. The van der Waals surface area contributed by atoms with Crippen LogP contribution in [0.2, 0.25) is 0 Å². The van der Waals surface area contributed by atoms with Gasteiger partial charge >= 0.3 is 0 Å². The lowest BCUT2D eigenvalue weighted by molar-refractivity contribution is -0.115. The zero-order valence-corrected chi connectivity index (χ0v) is 14.1. The van der Waals surface area contributed by atoms with E-state index in [9.17, 15) is 4.79 Å². The van der Waals surface area contributed by atoms with Gasteiger partial charge in [0, 0.05) is 22.7 Å². The van der Waals surface area contributed by atoms with Crippen LogP contribution in [0.1, 0.15) is 29.1 Å². The quantitative estimate of drug-likeness (QED) is 0.788. The zero-order chi connectivity index (χ0) is 15.6. The van der Waals surface area contributed by atoms with Gasteiger partial charge in [0.2, 0.25) is 5.91 Å². The average Bonchev–Trinajstić information content (AvgIpc) is 3.26. The predicted molar refractivity (Wildman–Crippen MR) is 92.5 cm³/mol. The van der Waals surface area contributed by atoms with E-state index in [1.54, 1.807) is 11.3 Å². The molecule has 0 saturated heterocycles. The van der Waals surface area contributed by atoms with Crippen LogP contribution in [0.25, 0.3) is 5.13 Å². The number of hydrogen-bond donors (Lipinski definition) is 1. The third-order valence-corrected chi connectivity index (χ3v) is 5.77. The topological polar surface area (TPSA) is 59.8 Å². The van der Waals surface area contributed by atoms with Crippen LogP contribution in [0.15, 0.2) is 29.9 Å². The third kappa shape index (κ3) is 3.20. The van der Waals surface area contributed by atoms with Crippen molar-refractivity contribution in [2.24, 2.45) is 0 Å². The van der Waals surface area contributed by atoms with Gasteiger partial charge in [0.1, 0.15) is 0 Å². The second-order valence-corrected chi connectivity index (χ2v) is 7.45. The first kappa shape index (κ1) is 14.6. The average molecular weight is 344 g/mol. The van der Waals surface area contributed by atoms with E-state index >= 15 is 0 Å². The number of nitrogens with zero attached hydrogens (tertiary/aromatic N) is 3. The number of thiazole rings is 2. The Morgan fingerprint density at radius 1 is 1.22 bits per heavy atom. The van der Waals surface area contributed by atoms with Gasteiger partial charge in [-0.05, 0) is 37.8 Å². The molecule has 3 aromatic rings. The molecule has 0 aliphatic heterocycles. The Bertz CT molecular complexity index is 796. The highest BCUT2D eigenvalue weighted by molar-refractivity contribution is 7.15. The summed E-state index contributed by atoms with van der Waals surface area (Å²) in [4.78, 5) is 22.6. The first-order chi connectivity index (χ1) is 11.3. The molecule has 23 heavy (non-hydrogen) atoms. The van der Waals surface area contributed by atoms with Crippen LogP contribution in [0.4, 0.5) is 5.13 Å². The van der Waals surface area contributed by atoms with E-state index in [0.717, 1.165) is 28.8 Å². The molecule has 3 heterocycles. The van der Waals surface area contributed by atoms with Crippen molar-refractivity contribution in [1.29, 1.82) is 0 Å². The van der Waals surface area contributed by atoms with E-state index in [1.165, 1.54) is 34.7 Å². The van der Waals surface area contributed by atoms with E-state index in [4.69, 9.17) is 0 Å². The number of hydrogen-bond acceptors (Lipinski definition) is 5. The van der Waals surface area contributed by atoms with Gasteiger partial charge in [-0.25, -0.2) is 9.97 Å². The Morgan fingerprint density at radius 3 is 2.87 bits per heavy atom. The molecule has 0 atom stereocenters. The summed E-state index contributed by atoms with van der Waals surface area (Å²) in [5.41, 5.74) is 1.96. The molecule has 1 aliphatic rings. The molecule has 1 N–H and O–H groups in total. The van der Waals surface area contributed by atoms with Gasteiger partial charge in [-0.3, -0.25) is 4.79 Å². The van der Waals surface area contributed by atoms with Gasteiger partial charge in [-0.2, -0.15) is 0 Å².